The maximum atomic E-state index is 10.8. The van der Waals surface area contributed by atoms with Crippen molar-refractivity contribution in [3.05, 3.63) is 0 Å². The average molecular weight is 178 g/mol. The molecular formula is C7H14O3S. The van der Waals surface area contributed by atoms with Crippen molar-refractivity contribution >= 4 is 17.7 Å². The molecule has 0 saturated carbocycles. The number of hydrogen-bond acceptors (Lipinski definition) is 4. The normalized spacial score (nSPS) is 12.6. The molecule has 0 bridgehead atoms. The Morgan fingerprint density at radius 3 is 2.82 bits per heavy atom. The Morgan fingerprint density at radius 2 is 2.36 bits per heavy atom. The number of carbonyl (C=O) groups excluding carboxylic acids is 1. The number of carbonyl (C=O) groups is 1. The lowest BCUT2D eigenvalue weighted by Crippen LogP contribution is -2.15. The maximum Gasteiger partial charge on any atom is 0.306 e. The smallest absolute Gasteiger partial charge is 0.306 e. The second-order valence-corrected chi connectivity index (χ2v) is 3.26. The third kappa shape index (κ3) is 7.68. The molecule has 0 radical (unpaired) electrons. The van der Waals surface area contributed by atoms with Crippen molar-refractivity contribution in [2.45, 2.75) is 19.4 Å². The van der Waals surface area contributed by atoms with Gasteiger partial charge in [-0.05, 0) is 13.2 Å². The van der Waals surface area contributed by atoms with Crippen LogP contribution in [0, 0.1) is 0 Å². The number of ether oxygens (including phenoxy) is 1. The van der Waals surface area contributed by atoms with Gasteiger partial charge in [-0.15, -0.1) is 0 Å². The molecular weight excluding hydrogens is 164 g/mol. The fraction of sp³-hybridized carbons (Fsp3) is 0.857. The molecule has 1 N–H and O–H groups in total. The number of rotatable bonds is 5. The summed E-state index contributed by atoms with van der Waals surface area (Å²) in [6, 6.07) is 0. The summed E-state index contributed by atoms with van der Waals surface area (Å²) in [5.74, 6) is 0.541. The zero-order chi connectivity index (χ0) is 8.69. The molecule has 1 unspecified atom stereocenters. The Bertz CT molecular complexity index is 114. The van der Waals surface area contributed by atoms with E-state index >= 15 is 0 Å². The molecule has 0 aliphatic rings. The largest absolute Gasteiger partial charge is 0.463 e. The second kappa shape index (κ2) is 6.49. The molecule has 0 saturated heterocycles. The van der Waals surface area contributed by atoms with Crippen LogP contribution in [-0.4, -0.2) is 35.8 Å². The molecule has 3 nitrogen and oxygen atoms in total. The summed E-state index contributed by atoms with van der Waals surface area (Å²) >= 11 is 1.60. The molecule has 0 aliphatic heterocycles. The van der Waals surface area contributed by atoms with Crippen molar-refractivity contribution in [2.24, 2.45) is 0 Å². The maximum absolute atomic E-state index is 10.8. The van der Waals surface area contributed by atoms with Crippen LogP contribution in [0.25, 0.3) is 0 Å². The van der Waals surface area contributed by atoms with Crippen molar-refractivity contribution in [3.8, 4) is 0 Å². The summed E-state index contributed by atoms with van der Waals surface area (Å²) in [4.78, 5) is 10.8. The van der Waals surface area contributed by atoms with Crippen LogP contribution < -0.4 is 0 Å². The Hall–Kier alpha value is -0.220. The highest BCUT2D eigenvalue weighted by Gasteiger charge is 2.03. The molecule has 0 amide bonds. The summed E-state index contributed by atoms with van der Waals surface area (Å²) in [5.41, 5.74) is 0. The van der Waals surface area contributed by atoms with Crippen LogP contribution >= 0.6 is 11.8 Å². The topological polar surface area (TPSA) is 46.5 Å². The van der Waals surface area contributed by atoms with Gasteiger partial charge in [0.1, 0.15) is 6.61 Å². The Kier molecular flexibility index (Phi) is 6.36. The van der Waals surface area contributed by atoms with Crippen molar-refractivity contribution in [1.29, 1.82) is 0 Å². The second-order valence-electron chi connectivity index (χ2n) is 2.27. The van der Waals surface area contributed by atoms with Crippen molar-refractivity contribution < 1.29 is 14.6 Å². The Balaban J connectivity index is 3.23. The van der Waals surface area contributed by atoms with E-state index in [9.17, 15) is 4.79 Å². The van der Waals surface area contributed by atoms with Gasteiger partial charge in [-0.3, -0.25) is 4.79 Å². The van der Waals surface area contributed by atoms with Crippen LogP contribution in [0.3, 0.4) is 0 Å². The quantitative estimate of drug-likeness (QED) is 0.628. The molecule has 0 aromatic heterocycles. The minimum Gasteiger partial charge on any atom is -0.463 e. The van der Waals surface area contributed by atoms with Crippen molar-refractivity contribution in [2.75, 3.05) is 18.6 Å². The van der Waals surface area contributed by atoms with Crippen molar-refractivity contribution in [3.63, 3.8) is 0 Å². The third-order valence-electron chi connectivity index (χ3n) is 0.996. The zero-order valence-corrected chi connectivity index (χ0v) is 7.69. The van der Waals surface area contributed by atoms with Crippen LogP contribution in [0.5, 0.6) is 0 Å². The minimum atomic E-state index is -0.562. The molecule has 0 rings (SSSR count). The first-order valence-corrected chi connectivity index (χ1v) is 4.89. The Labute approximate surface area is 71.1 Å². The highest BCUT2D eigenvalue weighted by atomic mass is 32.2. The van der Waals surface area contributed by atoms with E-state index in [-0.39, 0.29) is 12.6 Å². The van der Waals surface area contributed by atoms with Gasteiger partial charge in [0, 0.05) is 5.75 Å². The summed E-state index contributed by atoms with van der Waals surface area (Å²) in [6.07, 6.45) is 1.80. The third-order valence-corrected chi connectivity index (χ3v) is 1.61. The first kappa shape index (κ1) is 10.8. The molecule has 1 atom stereocenters. The highest BCUT2D eigenvalue weighted by Crippen LogP contribution is 1.97. The first-order chi connectivity index (χ1) is 5.16. The van der Waals surface area contributed by atoms with E-state index in [1.807, 2.05) is 6.26 Å². The lowest BCUT2D eigenvalue weighted by molar-refractivity contribution is -0.145. The van der Waals surface area contributed by atoms with Gasteiger partial charge in [-0.1, -0.05) is 0 Å². The van der Waals surface area contributed by atoms with Crippen LogP contribution in [-0.2, 0) is 9.53 Å². The van der Waals surface area contributed by atoms with E-state index in [4.69, 9.17) is 9.84 Å². The molecule has 0 aliphatic carbocycles. The van der Waals surface area contributed by atoms with Gasteiger partial charge in [-0.2, -0.15) is 11.8 Å². The number of thioether (sulfide) groups is 1. The van der Waals surface area contributed by atoms with E-state index < -0.39 is 6.10 Å². The highest BCUT2D eigenvalue weighted by molar-refractivity contribution is 7.98. The van der Waals surface area contributed by atoms with Gasteiger partial charge >= 0.3 is 5.97 Å². The molecule has 0 aromatic carbocycles. The molecule has 0 heterocycles. The fourth-order valence-corrected chi connectivity index (χ4v) is 0.842. The van der Waals surface area contributed by atoms with Crippen LogP contribution in [0.1, 0.15) is 13.3 Å². The van der Waals surface area contributed by atoms with E-state index in [0.29, 0.717) is 6.42 Å². The summed E-state index contributed by atoms with van der Waals surface area (Å²) in [6.45, 7) is 1.69. The molecule has 66 valence electrons. The summed E-state index contributed by atoms with van der Waals surface area (Å²) < 4.78 is 4.70. The number of aliphatic hydroxyl groups is 1. The standard InChI is InChI=1S/C7H14O3S/c1-6(8)5-10-7(9)3-4-11-2/h6,8H,3-5H2,1-2H3. The predicted molar refractivity (Wildman–Crippen MR) is 45.6 cm³/mol. The van der Waals surface area contributed by atoms with E-state index in [2.05, 4.69) is 0 Å². The predicted octanol–water partition coefficient (Wildman–Crippen LogP) is 0.663. The van der Waals surface area contributed by atoms with Gasteiger partial charge in [-0.25, -0.2) is 0 Å². The van der Waals surface area contributed by atoms with E-state index in [0.717, 1.165) is 5.75 Å². The molecule has 4 heteroatoms. The number of hydrogen-bond donors (Lipinski definition) is 1. The van der Waals surface area contributed by atoms with Gasteiger partial charge < -0.3 is 9.84 Å². The van der Waals surface area contributed by atoms with Gasteiger partial charge in [0.05, 0.1) is 12.5 Å². The lowest BCUT2D eigenvalue weighted by atomic mass is 10.4. The lowest BCUT2D eigenvalue weighted by Gasteiger charge is -2.05. The van der Waals surface area contributed by atoms with E-state index in [1.165, 1.54) is 0 Å². The Morgan fingerprint density at radius 1 is 1.73 bits per heavy atom. The van der Waals surface area contributed by atoms with Crippen LogP contribution in [0.2, 0.25) is 0 Å². The average Bonchev–Trinajstić information content (AvgIpc) is 1.97. The molecule has 0 aromatic rings. The van der Waals surface area contributed by atoms with Crippen LogP contribution in [0.15, 0.2) is 0 Å². The van der Waals surface area contributed by atoms with Crippen LogP contribution in [0.4, 0.5) is 0 Å². The fourth-order valence-electron chi connectivity index (χ4n) is 0.471. The van der Waals surface area contributed by atoms with Gasteiger partial charge in [0.15, 0.2) is 0 Å². The zero-order valence-electron chi connectivity index (χ0n) is 6.87. The molecule has 0 spiro atoms. The molecule has 0 fully saturated rings. The minimum absolute atomic E-state index is 0.104. The summed E-state index contributed by atoms with van der Waals surface area (Å²) in [7, 11) is 0. The SMILES string of the molecule is CSCCC(=O)OCC(C)O. The monoisotopic (exact) mass is 178 g/mol. The van der Waals surface area contributed by atoms with Crippen molar-refractivity contribution in [1.82, 2.24) is 0 Å². The van der Waals surface area contributed by atoms with Gasteiger partial charge in [0.25, 0.3) is 0 Å². The van der Waals surface area contributed by atoms with Gasteiger partial charge in [0.2, 0.25) is 0 Å². The summed E-state index contributed by atoms with van der Waals surface area (Å²) in [5, 5.41) is 8.74. The van der Waals surface area contributed by atoms with E-state index in [1.54, 1.807) is 18.7 Å². The first-order valence-electron chi connectivity index (χ1n) is 3.49. The molecule has 11 heavy (non-hydrogen) atoms. The number of esters is 1. The number of aliphatic hydroxyl groups excluding tert-OH is 1.